The van der Waals surface area contributed by atoms with E-state index in [1.165, 1.54) is 30.6 Å². The van der Waals surface area contributed by atoms with Crippen LogP contribution in [0.4, 0.5) is 10.1 Å². The molecule has 12 heteroatoms. The number of hydrogen-bond acceptors (Lipinski definition) is 5. The van der Waals surface area contributed by atoms with E-state index >= 15 is 0 Å². The van der Waals surface area contributed by atoms with Crippen molar-refractivity contribution in [2.45, 2.75) is 0 Å². The highest BCUT2D eigenvalue weighted by molar-refractivity contribution is 6.34. The van der Waals surface area contributed by atoms with Gasteiger partial charge in [0.1, 0.15) is 5.82 Å². The molecule has 3 aromatic heterocycles. The highest BCUT2D eigenvalue weighted by atomic mass is 35.5. The van der Waals surface area contributed by atoms with E-state index < -0.39 is 17.6 Å². The van der Waals surface area contributed by atoms with Crippen LogP contribution in [0.2, 0.25) is 5.02 Å². The topological polar surface area (TPSA) is 116 Å². The Kier molecular flexibility index (Phi) is 8.53. The van der Waals surface area contributed by atoms with Gasteiger partial charge in [-0.05, 0) is 65.5 Å². The molecule has 0 aliphatic heterocycles. The first-order chi connectivity index (χ1) is 18.9. The van der Waals surface area contributed by atoms with Crippen molar-refractivity contribution in [1.82, 2.24) is 19.7 Å². The van der Waals surface area contributed by atoms with Crippen LogP contribution >= 0.6 is 36.4 Å². The molecule has 0 radical (unpaired) electrons. The maximum Gasteiger partial charge on any atom is 0.269 e. The van der Waals surface area contributed by atoms with Crippen molar-refractivity contribution in [1.29, 1.82) is 0 Å². The number of hydrogen-bond donors (Lipinski definition) is 2. The molecule has 0 fully saturated rings. The number of pyridine rings is 2. The van der Waals surface area contributed by atoms with Gasteiger partial charge in [0.25, 0.3) is 11.8 Å². The van der Waals surface area contributed by atoms with Crippen LogP contribution in [0.1, 0.15) is 20.8 Å². The largest absolute Gasteiger partial charge is 0.364 e. The Morgan fingerprint density at radius 3 is 2.32 bits per heavy atom. The standard InChI is InChI=1S/C29H18ClFN6O2.2ClH/c30-25-15-34-11-9-21(25)29(39)35-18-5-8-20-22(16-2-1-10-33-14-16)13-24-26(28(32)38)36-37(27(24)23(20)12-18)19-6-3-17(31)4-7-19;;/h1-15H,(H2,32,38)(H,35,39);2*1H. The predicted molar refractivity (Wildman–Crippen MR) is 162 cm³/mol. The van der Waals surface area contributed by atoms with Crippen LogP contribution in [-0.4, -0.2) is 31.6 Å². The van der Waals surface area contributed by atoms with Gasteiger partial charge in [-0.3, -0.25) is 19.6 Å². The van der Waals surface area contributed by atoms with Crippen LogP contribution in [0.5, 0.6) is 0 Å². The van der Waals surface area contributed by atoms with Crippen molar-refractivity contribution in [2.24, 2.45) is 5.73 Å². The number of halogens is 4. The minimum Gasteiger partial charge on any atom is -0.364 e. The number of aromatic nitrogens is 4. The lowest BCUT2D eigenvalue weighted by Crippen LogP contribution is -2.12. The lowest BCUT2D eigenvalue weighted by Gasteiger charge is -2.13. The van der Waals surface area contributed by atoms with Gasteiger partial charge in [0.15, 0.2) is 5.69 Å². The van der Waals surface area contributed by atoms with E-state index in [9.17, 15) is 14.0 Å². The van der Waals surface area contributed by atoms with Crippen molar-refractivity contribution >= 4 is 75.6 Å². The number of carbonyl (C=O) groups excluding carboxylic acids is 2. The molecule has 0 unspecified atom stereocenters. The second-order valence-corrected chi connectivity index (χ2v) is 9.14. The minimum atomic E-state index is -0.714. The number of carbonyl (C=O) groups is 2. The van der Waals surface area contributed by atoms with Crippen LogP contribution in [0, 0.1) is 5.82 Å². The Bertz CT molecular complexity index is 1910. The molecular weight excluding hydrogens is 590 g/mol. The van der Waals surface area contributed by atoms with E-state index in [1.54, 1.807) is 41.3 Å². The molecule has 0 aliphatic rings. The first kappa shape index (κ1) is 29.4. The fourth-order valence-corrected chi connectivity index (χ4v) is 4.78. The fourth-order valence-electron chi connectivity index (χ4n) is 4.57. The monoisotopic (exact) mass is 608 g/mol. The maximum absolute atomic E-state index is 13.7. The quantitative estimate of drug-likeness (QED) is 0.228. The molecule has 0 atom stereocenters. The van der Waals surface area contributed by atoms with Crippen molar-refractivity contribution < 1.29 is 14.0 Å². The van der Waals surface area contributed by atoms with Crippen LogP contribution in [0.15, 0.2) is 91.5 Å². The number of fused-ring (bicyclic) bond motifs is 3. The summed E-state index contributed by atoms with van der Waals surface area (Å²) in [5, 5.41) is 9.60. The molecule has 0 saturated heterocycles. The van der Waals surface area contributed by atoms with Gasteiger partial charge in [-0.25, -0.2) is 9.07 Å². The van der Waals surface area contributed by atoms with E-state index in [1.807, 2.05) is 24.3 Å². The number of amides is 2. The highest BCUT2D eigenvalue weighted by Gasteiger charge is 2.22. The normalized spacial score (nSPS) is 10.6. The number of nitrogens with two attached hydrogens (primary N) is 1. The molecule has 3 N–H and O–H groups in total. The van der Waals surface area contributed by atoms with Gasteiger partial charge < -0.3 is 11.1 Å². The van der Waals surface area contributed by atoms with Crippen LogP contribution in [-0.2, 0) is 0 Å². The van der Waals surface area contributed by atoms with E-state index in [0.29, 0.717) is 27.7 Å². The molecule has 3 heterocycles. The van der Waals surface area contributed by atoms with Crippen molar-refractivity contribution in [3.63, 3.8) is 0 Å². The zero-order valence-electron chi connectivity index (χ0n) is 20.9. The van der Waals surface area contributed by atoms with E-state index in [-0.39, 0.29) is 41.1 Å². The summed E-state index contributed by atoms with van der Waals surface area (Å²) in [4.78, 5) is 33.7. The Hall–Kier alpha value is -4.57. The predicted octanol–water partition coefficient (Wildman–Crippen LogP) is 6.62. The van der Waals surface area contributed by atoms with Crippen LogP contribution in [0.25, 0.3) is 38.5 Å². The summed E-state index contributed by atoms with van der Waals surface area (Å²) < 4.78 is 15.3. The summed E-state index contributed by atoms with van der Waals surface area (Å²) in [6.07, 6.45) is 6.27. The summed E-state index contributed by atoms with van der Waals surface area (Å²) >= 11 is 6.17. The smallest absolute Gasteiger partial charge is 0.269 e. The van der Waals surface area contributed by atoms with Crippen molar-refractivity contribution in [2.75, 3.05) is 5.32 Å². The lowest BCUT2D eigenvalue weighted by molar-refractivity contribution is 0.0994. The Balaban J connectivity index is 0.00000194. The lowest BCUT2D eigenvalue weighted by atomic mass is 9.95. The summed E-state index contributed by atoms with van der Waals surface area (Å²) in [5.41, 5.74) is 9.25. The van der Waals surface area contributed by atoms with E-state index in [2.05, 4.69) is 20.4 Å². The molecule has 206 valence electrons. The van der Waals surface area contributed by atoms with E-state index in [4.69, 9.17) is 17.3 Å². The highest BCUT2D eigenvalue weighted by Crippen LogP contribution is 2.38. The van der Waals surface area contributed by atoms with Gasteiger partial charge in [0.2, 0.25) is 0 Å². The average Bonchev–Trinajstić information content (AvgIpc) is 3.34. The second kappa shape index (κ2) is 11.9. The zero-order chi connectivity index (χ0) is 27.1. The maximum atomic E-state index is 13.7. The molecule has 0 bridgehead atoms. The number of anilines is 1. The Morgan fingerprint density at radius 1 is 0.878 bits per heavy atom. The first-order valence-corrected chi connectivity index (χ1v) is 12.1. The molecule has 6 aromatic rings. The zero-order valence-corrected chi connectivity index (χ0v) is 23.3. The van der Waals surface area contributed by atoms with Gasteiger partial charge in [-0.1, -0.05) is 23.7 Å². The molecule has 6 rings (SSSR count). The summed E-state index contributed by atoms with van der Waals surface area (Å²) in [6.45, 7) is 0. The van der Waals surface area contributed by atoms with Gasteiger partial charge >= 0.3 is 0 Å². The van der Waals surface area contributed by atoms with Crippen LogP contribution < -0.4 is 11.1 Å². The van der Waals surface area contributed by atoms with Gasteiger partial charge in [0, 0.05) is 46.8 Å². The minimum absolute atomic E-state index is 0. The third kappa shape index (κ3) is 5.43. The Morgan fingerprint density at radius 2 is 1.63 bits per heavy atom. The summed E-state index contributed by atoms with van der Waals surface area (Å²) in [7, 11) is 0. The van der Waals surface area contributed by atoms with Crippen molar-refractivity contribution in [3.8, 4) is 16.8 Å². The molecule has 0 saturated carbocycles. The molecule has 0 spiro atoms. The number of nitrogens with one attached hydrogen (secondary N) is 1. The molecule has 41 heavy (non-hydrogen) atoms. The molecule has 0 aliphatic carbocycles. The Labute approximate surface area is 250 Å². The summed E-state index contributed by atoms with van der Waals surface area (Å²) in [6, 6.07) is 18.3. The molecule has 2 amide bonds. The number of primary amides is 1. The molecular formula is C29H20Cl3FN6O2. The van der Waals surface area contributed by atoms with Gasteiger partial charge in [-0.2, -0.15) is 5.10 Å². The van der Waals surface area contributed by atoms with Crippen LogP contribution in [0.3, 0.4) is 0 Å². The number of benzene rings is 3. The molecule has 3 aromatic carbocycles. The van der Waals surface area contributed by atoms with Crippen molar-refractivity contribution in [3.05, 3.63) is 114 Å². The summed E-state index contributed by atoms with van der Waals surface area (Å²) in [5.74, 6) is -1.53. The molecule has 8 nitrogen and oxygen atoms in total. The van der Waals surface area contributed by atoms with Gasteiger partial charge in [-0.15, -0.1) is 24.8 Å². The van der Waals surface area contributed by atoms with E-state index in [0.717, 1.165) is 16.5 Å². The van der Waals surface area contributed by atoms with Gasteiger partial charge in [0.05, 0.1) is 21.8 Å². The average molecular weight is 610 g/mol. The third-order valence-corrected chi connectivity index (χ3v) is 6.63. The number of nitrogens with zero attached hydrogens (tertiary/aromatic N) is 4. The second-order valence-electron chi connectivity index (χ2n) is 8.73. The third-order valence-electron chi connectivity index (χ3n) is 6.33. The number of rotatable bonds is 5. The SMILES string of the molecule is Cl.Cl.NC(=O)c1nn(-c2ccc(F)cc2)c2c1cc(-c1cccnc1)c1ccc(NC(=O)c3ccncc3Cl)cc12. The fraction of sp³-hybridized carbons (Fsp3) is 0. The first-order valence-electron chi connectivity index (χ1n) is 11.8.